The average Bonchev–Trinajstić information content (AvgIpc) is 2.75. The maximum Gasteiger partial charge on any atom is 0.161 e. The second-order valence-corrected chi connectivity index (χ2v) is 6.73. The lowest BCUT2D eigenvalue weighted by Crippen LogP contribution is -2.03. The van der Waals surface area contributed by atoms with Crippen LogP contribution in [0.3, 0.4) is 0 Å². The Morgan fingerprint density at radius 3 is 2.34 bits per heavy atom. The molecule has 6 heteroatoms. The summed E-state index contributed by atoms with van der Waals surface area (Å²) in [6.45, 7) is 0. The van der Waals surface area contributed by atoms with Gasteiger partial charge in [-0.25, -0.2) is 9.38 Å². The van der Waals surface area contributed by atoms with Crippen LogP contribution in [0.25, 0.3) is 22.3 Å². The molecule has 0 aliphatic carbocycles. The highest BCUT2D eigenvalue weighted by molar-refractivity contribution is 6.31. The second-order valence-electron chi connectivity index (χ2n) is 6.29. The molecule has 0 saturated heterocycles. The summed E-state index contributed by atoms with van der Waals surface area (Å²) >= 11 is 6.18. The van der Waals surface area contributed by atoms with Crippen molar-refractivity contribution in [3.05, 3.63) is 82.9 Å². The molecule has 4 aromatic rings. The Kier molecular flexibility index (Phi) is 5.23. The first-order chi connectivity index (χ1) is 14.1. The van der Waals surface area contributed by atoms with Crippen molar-refractivity contribution in [2.24, 2.45) is 4.99 Å². The molecule has 0 aliphatic rings. The fraction of sp³-hybridized carbons (Fsp3) is 0.0870. The van der Waals surface area contributed by atoms with Gasteiger partial charge in [0.25, 0.3) is 0 Å². The average molecular weight is 410 g/mol. The predicted molar refractivity (Wildman–Crippen MR) is 111 cm³/mol. The Balaban J connectivity index is 1.95. The topological polar surface area (TPSA) is 44.0 Å². The summed E-state index contributed by atoms with van der Waals surface area (Å²) in [6.07, 6.45) is 0. The van der Waals surface area contributed by atoms with Crippen LogP contribution in [0.2, 0.25) is 5.02 Å². The fourth-order valence-corrected chi connectivity index (χ4v) is 3.19. The molecule has 1 heterocycles. The maximum absolute atomic E-state index is 13.3. The predicted octanol–water partition coefficient (Wildman–Crippen LogP) is 6.14. The number of fused-ring (bicyclic) bond motifs is 1. The van der Waals surface area contributed by atoms with Crippen LogP contribution in [0.1, 0.15) is 0 Å². The van der Waals surface area contributed by atoms with Gasteiger partial charge in [-0.3, -0.25) is 0 Å². The highest BCUT2D eigenvalue weighted by Crippen LogP contribution is 2.33. The van der Waals surface area contributed by atoms with Gasteiger partial charge in [-0.2, -0.15) is 0 Å². The number of halogens is 2. The van der Waals surface area contributed by atoms with Crippen molar-refractivity contribution in [1.82, 2.24) is 0 Å². The van der Waals surface area contributed by atoms with E-state index < -0.39 is 0 Å². The van der Waals surface area contributed by atoms with Gasteiger partial charge in [0.2, 0.25) is 0 Å². The fourth-order valence-electron chi connectivity index (χ4n) is 3.02. The standard InChI is InChI=1S/C23H17ClFNO3/c1-27-21-9-3-14(11-23(21)28-2)22-13-19(26-17-7-5-16(25)6-8-17)18-12-15(24)4-10-20(18)29-22/h3-13H,1-2H3. The Bertz CT molecular complexity index is 1250. The molecule has 0 fully saturated rings. The number of rotatable bonds is 4. The summed E-state index contributed by atoms with van der Waals surface area (Å²) in [5, 5.41) is 1.98. The Hall–Kier alpha value is -3.31. The van der Waals surface area contributed by atoms with Gasteiger partial charge in [0, 0.05) is 22.0 Å². The smallest absolute Gasteiger partial charge is 0.161 e. The first-order valence-electron chi connectivity index (χ1n) is 8.83. The third-order valence-electron chi connectivity index (χ3n) is 4.45. The van der Waals surface area contributed by atoms with Crippen LogP contribution >= 0.6 is 11.6 Å². The highest BCUT2D eigenvalue weighted by atomic mass is 35.5. The minimum Gasteiger partial charge on any atom is -0.493 e. The molecule has 0 radical (unpaired) electrons. The van der Waals surface area contributed by atoms with Crippen molar-refractivity contribution in [2.75, 3.05) is 14.2 Å². The molecule has 29 heavy (non-hydrogen) atoms. The van der Waals surface area contributed by atoms with Crippen LogP contribution in [-0.4, -0.2) is 14.2 Å². The summed E-state index contributed by atoms with van der Waals surface area (Å²) in [4.78, 5) is 4.67. The molecule has 0 bridgehead atoms. The maximum atomic E-state index is 13.3. The zero-order valence-electron chi connectivity index (χ0n) is 15.8. The van der Waals surface area contributed by atoms with E-state index in [1.807, 2.05) is 24.3 Å². The van der Waals surface area contributed by atoms with Gasteiger partial charge in [0.15, 0.2) is 11.5 Å². The lowest BCUT2D eigenvalue weighted by Gasteiger charge is -2.10. The molecule has 146 valence electrons. The number of nitrogens with zero attached hydrogens (tertiary/aromatic N) is 1. The SMILES string of the molecule is COc1ccc(-c2cc(=Nc3ccc(F)cc3)c3cc(Cl)ccc3o2)cc1OC. The lowest BCUT2D eigenvalue weighted by atomic mass is 10.1. The zero-order valence-corrected chi connectivity index (χ0v) is 16.5. The molecule has 0 aliphatic heterocycles. The minimum absolute atomic E-state index is 0.314. The highest BCUT2D eigenvalue weighted by Gasteiger charge is 2.11. The van der Waals surface area contributed by atoms with Crippen LogP contribution in [0.15, 0.2) is 76.1 Å². The van der Waals surface area contributed by atoms with Gasteiger partial charge in [-0.15, -0.1) is 0 Å². The van der Waals surface area contributed by atoms with Crippen LogP contribution in [0, 0.1) is 5.82 Å². The number of benzene rings is 3. The van der Waals surface area contributed by atoms with Gasteiger partial charge >= 0.3 is 0 Å². The lowest BCUT2D eigenvalue weighted by molar-refractivity contribution is 0.355. The van der Waals surface area contributed by atoms with E-state index in [4.69, 9.17) is 25.5 Å². The van der Waals surface area contributed by atoms with Crippen molar-refractivity contribution in [1.29, 1.82) is 0 Å². The second kappa shape index (κ2) is 7.97. The van der Waals surface area contributed by atoms with Crippen molar-refractivity contribution in [3.63, 3.8) is 0 Å². The van der Waals surface area contributed by atoms with E-state index in [1.165, 1.54) is 12.1 Å². The number of ether oxygens (including phenoxy) is 2. The summed E-state index contributed by atoms with van der Waals surface area (Å²) in [7, 11) is 3.16. The van der Waals surface area contributed by atoms with E-state index in [9.17, 15) is 4.39 Å². The molecule has 4 nitrogen and oxygen atoms in total. The number of hydrogen-bond acceptors (Lipinski definition) is 4. The van der Waals surface area contributed by atoms with Crippen molar-refractivity contribution in [3.8, 4) is 22.8 Å². The van der Waals surface area contributed by atoms with Crippen molar-refractivity contribution >= 4 is 28.3 Å². The zero-order chi connectivity index (χ0) is 20.4. The van der Waals surface area contributed by atoms with E-state index in [0.717, 1.165) is 10.9 Å². The Morgan fingerprint density at radius 1 is 0.862 bits per heavy atom. The largest absolute Gasteiger partial charge is 0.493 e. The third kappa shape index (κ3) is 3.96. The molecule has 0 atom stereocenters. The normalized spacial score (nSPS) is 11.7. The first-order valence-corrected chi connectivity index (χ1v) is 9.21. The molecular formula is C23H17ClFNO3. The molecule has 1 aromatic heterocycles. The van der Waals surface area contributed by atoms with Crippen LogP contribution in [0.5, 0.6) is 11.5 Å². The molecule has 0 spiro atoms. The molecule has 0 unspecified atom stereocenters. The summed E-state index contributed by atoms with van der Waals surface area (Å²) in [6, 6.07) is 18.7. The van der Waals surface area contributed by atoms with Gasteiger partial charge in [-0.05, 0) is 60.7 Å². The van der Waals surface area contributed by atoms with Gasteiger partial charge in [0.05, 0.1) is 25.3 Å². The van der Waals surface area contributed by atoms with Gasteiger partial charge < -0.3 is 13.9 Å². The van der Waals surface area contributed by atoms with Crippen LogP contribution in [-0.2, 0) is 0 Å². The molecule has 0 amide bonds. The first kappa shape index (κ1) is 19.0. The van der Waals surface area contributed by atoms with Gasteiger partial charge in [0.1, 0.15) is 17.2 Å². The van der Waals surface area contributed by atoms with E-state index in [1.54, 1.807) is 44.6 Å². The van der Waals surface area contributed by atoms with Crippen molar-refractivity contribution in [2.45, 2.75) is 0 Å². The Morgan fingerprint density at radius 2 is 1.62 bits per heavy atom. The van der Waals surface area contributed by atoms with Crippen LogP contribution in [0.4, 0.5) is 10.1 Å². The van der Waals surface area contributed by atoms with Gasteiger partial charge in [-0.1, -0.05) is 11.6 Å². The quantitative estimate of drug-likeness (QED) is 0.406. The van der Waals surface area contributed by atoms with Crippen molar-refractivity contribution < 1.29 is 18.3 Å². The summed E-state index contributed by atoms with van der Waals surface area (Å²) < 4.78 is 30.1. The number of hydrogen-bond donors (Lipinski definition) is 0. The molecule has 4 rings (SSSR count). The third-order valence-corrected chi connectivity index (χ3v) is 4.68. The van der Waals surface area contributed by atoms with E-state index in [-0.39, 0.29) is 5.82 Å². The van der Waals surface area contributed by atoms with Crippen LogP contribution < -0.4 is 14.8 Å². The van der Waals surface area contributed by atoms with E-state index in [2.05, 4.69) is 4.99 Å². The summed E-state index contributed by atoms with van der Waals surface area (Å²) in [5.74, 6) is 1.50. The monoisotopic (exact) mass is 409 g/mol. The molecule has 0 saturated carbocycles. The Labute approximate surface area is 171 Å². The number of methoxy groups -OCH3 is 2. The minimum atomic E-state index is -0.314. The molecule has 0 N–H and O–H groups in total. The van der Waals surface area contributed by atoms with E-state index >= 15 is 0 Å². The molecular weight excluding hydrogens is 393 g/mol. The van der Waals surface area contributed by atoms with E-state index in [0.29, 0.717) is 38.9 Å². The molecule has 3 aromatic carbocycles. The summed E-state index contributed by atoms with van der Waals surface area (Å²) in [5.41, 5.74) is 2.05.